The van der Waals surface area contributed by atoms with Gasteiger partial charge in [0.05, 0.1) is 31.7 Å². The van der Waals surface area contributed by atoms with Crippen molar-refractivity contribution in [2.75, 3.05) is 0 Å². The zero-order chi connectivity index (χ0) is 49.7. The molecule has 0 aliphatic heterocycles. The molecule has 9 atom stereocenters. The van der Waals surface area contributed by atoms with E-state index in [2.05, 4.69) is 37.2 Å². The van der Waals surface area contributed by atoms with Crippen LogP contribution < -0.4 is 65.9 Å². The zero-order valence-corrected chi connectivity index (χ0v) is 36.8. The van der Waals surface area contributed by atoms with Crippen molar-refractivity contribution in [1.82, 2.24) is 37.2 Å². The largest absolute Gasteiger partial charge is 0.480 e. The van der Waals surface area contributed by atoms with Crippen LogP contribution in [0.4, 0.5) is 0 Å². The van der Waals surface area contributed by atoms with Crippen molar-refractivity contribution in [1.29, 1.82) is 0 Å². The number of amides is 11. The van der Waals surface area contributed by atoms with E-state index in [-0.39, 0.29) is 12.8 Å². The van der Waals surface area contributed by atoms with Crippen molar-refractivity contribution in [3.63, 3.8) is 0 Å². The minimum atomic E-state index is -1.83. The molecule has 11 amide bonds. The van der Waals surface area contributed by atoms with Crippen molar-refractivity contribution >= 4 is 70.9 Å². The van der Waals surface area contributed by atoms with E-state index in [1.165, 1.54) is 20.8 Å². The molecule has 0 bridgehead atoms. The average Bonchev–Trinajstić information content (AvgIpc) is 3.21. The Morgan fingerprint density at radius 1 is 0.477 bits per heavy atom. The van der Waals surface area contributed by atoms with Gasteiger partial charge in [-0.3, -0.25) is 52.7 Å². The van der Waals surface area contributed by atoms with Gasteiger partial charge in [0.25, 0.3) is 0 Å². The summed E-state index contributed by atoms with van der Waals surface area (Å²) in [6.45, 7) is 7.74. The molecule has 1 aromatic rings. The summed E-state index contributed by atoms with van der Waals surface area (Å²) >= 11 is 0. The van der Waals surface area contributed by atoms with E-state index in [0.29, 0.717) is 12.0 Å². The fourth-order valence-electron chi connectivity index (χ4n) is 6.03. The second-order valence-electron chi connectivity index (χ2n) is 15.6. The monoisotopic (exact) mass is 918 g/mol. The molecule has 0 saturated heterocycles. The number of nitrogens with two attached hydrogens (primary N) is 5. The van der Waals surface area contributed by atoms with Crippen LogP contribution >= 0.6 is 0 Å². The van der Waals surface area contributed by atoms with E-state index >= 15 is 0 Å². The van der Waals surface area contributed by atoms with Gasteiger partial charge in [-0.15, -0.1) is 0 Å². The lowest BCUT2D eigenvalue weighted by Gasteiger charge is -2.29. The quantitative estimate of drug-likeness (QED) is 0.0357. The summed E-state index contributed by atoms with van der Waals surface area (Å²) in [5.74, 6) is -14.1. The smallest absolute Gasteiger partial charge is 0.326 e. The Labute approximate surface area is 374 Å². The number of carboxylic acids is 1. The van der Waals surface area contributed by atoms with Crippen LogP contribution in [0.25, 0.3) is 0 Å². The van der Waals surface area contributed by atoms with E-state index in [0.717, 1.165) is 0 Å². The lowest BCUT2D eigenvalue weighted by atomic mass is 9.97. The fourth-order valence-corrected chi connectivity index (χ4v) is 6.03. The van der Waals surface area contributed by atoms with Gasteiger partial charge in [0.15, 0.2) is 0 Å². The molecule has 0 radical (unpaired) electrons. The normalized spacial score (nSPS) is 15.1. The second kappa shape index (κ2) is 27.1. The summed E-state index contributed by atoms with van der Waals surface area (Å²) in [4.78, 5) is 153. The molecule has 18 N–H and O–H groups in total. The van der Waals surface area contributed by atoms with Gasteiger partial charge in [-0.2, -0.15) is 0 Å². The van der Waals surface area contributed by atoms with Crippen LogP contribution in [0, 0.1) is 11.8 Å². The Morgan fingerprint density at radius 2 is 0.846 bits per heavy atom. The van der Waals surface area contributed by atoms with Gasteiger partial charge < -0.3 is 71.0 Å². The van der Waals surface area contributed by atoms with Crippen molar-refractivity contribution in [3.8, 4) is 0 Å². The Morgan fingerprint density at radius 3 is 1.25 bits per heavy atom. The predicted molar refractivity (Wildman–Crippen MR) is 229 cm³/mol. The summed E-state index contributed by atoms with van der Waals surface area (Å²) in [5.41, 5.74) is 27.4. The van der Waals surface area contributed by atoms with Crippen LogP contribution in [-0.4, -0.2) is 124 Å². The highest BCUT2D eigenvalue weighted by Crippen LogP contribution is 2.11. The van der Waals surface area contributed by atoms with Gasteiger partial charge in [-0.05, 0) is 23.8 Å². The van der Waals surface area contributed by atoms with Crippen molar-refractivity contribution in [2.24, 2.45) is 40.5 Å². The molecular formula is C40H62N12O13. The minimum Gasteiger partial charge on any atom is -0.480 e. The zero-order valence-electron chi connectivity index (χ0n) is 36.8. The molecule has 0 heterocycles. The summed E-state index contributed by atoms with van der Waals surface area (Å²) in [6.07, 6.45) is -2.92. The molecule has 25 nitrogen and oxygen atoms in total. The van der Waals surface area contributed by atoms with Crippen LogP contribution in [0.2, 0.25) is 0 Å². The molecule has 65 heavy (non-hydrogen) atoms. The Hall–Kier alpha value is -7.18. The first kappa shape index (κ1) is 55.8. The van der Waals surface area contributed by atoms with Gasteiger partial charge in [0.1, 0.15) is 42.3 Å². The highest BCUT2D eigenvalue weighted by Gasteiger charge is 2.37. The minimum absolute atomic E-state index is 0.109. The molecule has 0 saturated carbocycles. The Balaban J connectivity index is 3.27. The van der Waals surface area contributed by atoms with Crippen molar-refractivity contribution in [2.45, 2.75) is 128 Å². The van der Waals surface area contributed by atoms with Crippen LogP contribution in [-0.2, 0) is 64.0 Å². The van der Waals surface area contributed by atoms with Crippen LogP contribution in [0.15, 0.2) is 30.3 Å². The van der Waals surface area contributed by atoms with Crippen LogP contribution in [0.3, 0.4) is 0 Å². The molecular weight excluding hydrogens is 857 g/mol. The fraction of sp³-hybridized carbons (Fsp3) is 0.550. The topological polar surface area (TPSA) is 439 Å². The predicted octanol–water partition coefficient (Wildman–Crippen LogP) is -5.35. The van der Waals surface area contributed by atoms with Gasteiger partial charge in [0, 0.05) is 6.42 Å². The summed E-state index contributed by atoms with van der Waals surface area (Å²) in [5, 5.41) is 26.0. The molecule has 25 heteroatoms. The first-order valence-electron chi connectivity index (χ1n) is 20.6. The molecule has 1 aromatic carbocycles. The molecule has 0 fully saturated rings. The first-order chi connectivity index (χ1) is 30.3. The van der Waals surface area contributed by atoms with E-state index in [9.17, 15) is 62.6 Å². The first-order valence-corrected chi connectivity index (χ1v) is 20.6. The third-order valence-corrected chi connectivity index (χ3v) is 9.85. The third kappa shape index (κ3) is 19.8. The standard InChI is InChI=1S/C40H62N12O13/c1-6-19(5)32(52-33(57)21(41)14-27(42)53)39(63)49-24(16-29(44)55)35(59)48-25(17-30(45)56)37(61)51-31(18(3)4)38(62)46-22(7-2)34(58)47-23(15-28(43)54)36(60)50-26(40(64)65)13-20-11-9-8-10-12-20/h8-12,18-19,21-26,31-32H,6-7,13-17,41H2,1-5H3,(H2,42,53)(H2,43,54)(H2,44,55)(H2,45,56)(H,46,62)(H,47,58)(H,48,59)(H,49,63)(H,50,60)(H,51,61)(H,52,57)(H,64,65)/t19-,21-,22-,23-,24-,25-,26-,31-,32-/m0/s1. The molecule has 360 valence electrons. The van der Waals surface area contributed by atoms with E-state index in [4.69, 9.17) is 28.7 Å². The number of carbonyl (C=O) groups is 12. The van der Waals surface area contributed by atoms with E-state index in [1.54, 1.807) is 44.2 Å². The van der Waals surface area contributed by atoms with Gasteiger partial charge in [0.2, 0.25) is 65.0 Å². The van der Waals surface area contributed by atoms with Gasteiger partial charge >= 0.3 is 5.97 Å². The SMILES string of the molecule is CC[C@H](NC(=O)[C@@H](NC(=O)[C@H](CC(N)=O)NC(=O)[C@H](CC(N)=O)NC(=O)[C@@H](NC(=O)[C@@H](N)CC(N)=O)[C@@H](C)CC)C(C)C)C(=O)N[C@@H](CC(N)=O)C(=O)N[C@@H](Cc1ccccc1)C(=O)O. The highest BCUT2D eigenvalue weighted by atomic mass is 16.4. The second-order valence-corrected chi connectivity index (χ2v) is 15.6. The number of benzene rings is 1. The third-order valence-electron chi connectivity index (χ3n) is 9.85. The summed E-state index contributed by atoms with van der Waals surface area (Å²) < 4.78 is 0. The summed E-state index contributed by atoms with van der Waals surface area (Å²) in [7, 11) is 0. The lowest BCUT2D eigenvalue weighted by molar-refractivity contribution is -0.142. The van der Waals surface area contributed by atoms with Crippen LogP contribution in [0.1, 0.15) is 78.7 Å². The van der Waals surface area contributed by atoms with Crippen molar-refractivity contribution < 1.29 is 62.6 Å². The highest BCUT2D eigenvalue weighted by molar-refractivity contribution is 6.00. The van der Waals surface area contributed by atoms with Crippen LogP contribution in [0.5, 0.6) is 0 Å². The number of primary amides is 4. The number of carbonyl (C=O) groups excluding carboxylic acids is 11. The number of carboxylic acid groups (broad SMARTS) is 1. The number of aliphatic carboxylic acids is 1. The van der Waals surface area contributed by atoms with Crippen molar-refractivity contribution in [3.05, 3.63) is 35.9 Å². The maximum Gasteiger partial charge on any atom is 0.326 e. The van der Waals surface area contributed by atoms with Gasteiger partial charge in [-0.25, -0.2) is 4.79 Å². The van der Waals surface area contributed by atoms with E-state index in [1.807, 2.05) is 0 Å². The van der Waals surface area contributed by atoms with Gasteiger partial charge in [-0.1, -0.05) is 71.4 Å². The Bertz CT molecular complexity index is 1920. The number of hydrogen-bond acceptors (Lipinski definition) is 13. The summed E-state index contributed by atoms with van der Waals surface area (Å²) in [6, 6.07) is -4.12. The maximum absolute atomic E-state index is 13.7. The number of hydrogen-bond donors (Lipinski definition) is 13. The molecule has 0 spiro atoms. The lowest BCUT2D eigenvalue weighted by Crippen LogP contribution is -2.62. The van der Waals surface area contributed by atoms with E-state index < -0.39 is 157 Å². The molecule has 0 unspecified atom stereocenters. The molecule has 0 aliphatic carbocycles. The molecule has 0 aliphatic rings. The molecule has 0 aromatic heterocycles. The number of rotatable bonds is 29. The number of nitrogens with one attached hydrogen (secondary N) is 7. The average molecular weight is 919 g/mol. The maximum atomic E-state index is 13.7. The Kier molecular flexibility index (Phi) is 23.3. The molecule has 1 rings (SSSR count).